The van der Waals surface area contributed by atoms with E-state index in [2.05, 4.69) is 5.10 Å². The Balaban J connectivity index is 1.56. The second kappa shape index (κ2) is 9.04. The van der Waals surface area contributed by atoms with Crippen molar-refractivity contribution in [3.8, 4) is 0 Å². The summed E-state index contributed by atoms with van der Waals surface area (Å²) < 4.78 is 0. The van der Waals surface area contributed by atoms with Gasteiger partial charge in [0.05, 0.1) is 17.2 Å². The molecular formula is C32H20ClN3O5. The zero-order valence-electron chi connectivity index (χ0n) is 21.3. The van der Waals surface area contributed by atoms with Gasteiger partial charge in [0, 0.05) is 39.8 Å². The molecule has 1 spiro atoms. The molecule has 9 heteroatoms. The van der Waals surface area contributed by atoms with Gasteiger partial charge < -0.3 is 0 Å². The molecule has 0 amide bonds. The number of non-ortho nitro benzene ring substituents is 1. The van der Waals surface area contributed by atoms with Crippen LogP contribution in [0.3, 0.4) is 0 Å². The van der Waals surface area contributed by atoms with E-state index < -0.39 is 39.9 Å². The average Bonchev–Trinajstić information content (AvgIpc) is 3.43. The molecule has 200 valence electrons. The molecule has 1 aliphatic carbocycles. The van der Waals surface area contributed by atoms with Gasteiger partial charge in [0.25, 0.3) is 5.69 Å². The van der Waals surface area contributed by atoms with Gasteiger partial charge in [0.15, 0.2) is 17.3 Å². The molecule has 41 heavy (non-hydrogen) atoms. The van der Waals surface area contributed by atoms with E-state index in [1.54, 1.807) is 65.8 Å². The first-order valence-corrected chi connectivity index (χ1v) is 13.4. The monoisotopic (exact) mass is 561 g/mol. The highest BCUT2D eigenvalue weighted by molar-refractivity contribution is 6.32. The normalized spacial score (nSPS) is 21.5. The zero-order valence-corrected chi connectivity index (χ0v) is 22.1. The Morgan fingerprint density at radius 2 is 1.54 bits per heavy atom. The molecule has 0 N–H and O–H groups in total. The van der Waals surface area contributed by atoms with Crippen LogP contribution in [0.4, 0.5) is 5.69 Å². The van der Waals surface area contributed by atoms with Crippen molar-refractivity contribution in [1.82, 2.24) is 5.01 Å². The number of fused-ring (bicyclic) bond motifs is 5. The van der Waals surface area contributed by atoms with E-state index in [-0.39, 0.29) is 22.6 Å². The van der Waals surface area contributed by atoms with Gasteiger partial charge in [0.1, 0.15) is 11.5 Å². The molecule has 7 rings (SSSR count). The lowest BCUT2D eigenvalue weighted by Crippen LogP contribution is -2.43. The maximum Gasteiger partial charge on any atom is 0.269 e. The number of hydrogen-bond donors (Lipinski definition) is 0. The molecule has 0 bridgehead atoms. The predicted octanol–water partition coefficient (Wildman–Crippen LogP) is 6.05. The number of carbonyl (C=O) groups is 3. The first kappa shape index (κ1) is 25.0. The number of rotatable bonds is 4. The van der Waals surface area contributed by atoms with Gasteiger partial charge in [-0.2, -0.15) is 5.10 Å². The van der Waals surface area contributed by atoms with Crippen molar-refractivity contribution < 1.29 is 19.3 Å². The number of hydrazone groups is 1. The van der Waals surface area contributed by atoms with Crippen LogP contribution in [0, 0.1) is 15.5 Å². The number of hydrogen-bond acceptors (Lipinski definition) is 7. The fourth-order valence-electron chi connectivity index (χ4n) is 6.77. The topological polar surface area (TPSA) is 110 Å². The van der Waals surface area contributed by atoms with Gasteiger partial charge in [-0.1, -0.05) is 72.3 Å². The minimum Gasteiger partial charge on any atom is -0.293 e. The molecule has 2 aliphatic heterocycles. The molecule has 0 aromatic heterocycles. The number of benzene rings is 4. The standard InChI is InChI=1S/C32H20ClN3O5/c33-21-14-12-18(13-15-21)28(37)27-26(19-7-5-8-22(16-19)36(40)41)32(30(38)24-10-3-4-11-25(24)31(32)39)29-23-9-2-1-6-20(23)17-34-35(27)29/h1-17,26-27,29H/t26-,27+,29-/m0/s1. The smallest absolute Gasteiger partial charge is 0.269 e. The fraction of sp³-hybridized carbons (Fsp3) is 0.125. The Labute approximate surface area is 239 Å². The van der Waals surface area contributed by atoms with E-state index in [4.69, 9.17) is 11.6 Å². The molecule has 1 saturated heterocycles. The Morgan fingerprint density at radius 1 is 0.878 bits per heavy atom. The molecular weight excluding hydrogens is 542 g/mol. The maximum atomic E-state index is 14.7. The van der Waals surface area contributed by atoms with Crippen LogP contribution in [0.2, 0.25) is 5.02 Å². The molecule has 0 radical (unpaired) electrons. The number of nitrogens with zero attached hydrogens (tertiary/aromatic N) is 3. The second-order valence-electron chi connectivity index (χ2n) is 10.4. The van der Waals surface area contributed by atoms with Gasteiger partial charge in [-0.25, -0.2) is 0 Å². The molecule has 4 aromatic carbocycles. The number of ketones is 3. The van der Waals surface area contributed by atoms with Crippen LogP contribution in [0.1, 0.15) is 59.7 Å². The largest absolute Gasteiger partial charge is 0.293 e. The van der Waals surface area contributed by atoms with Crippen LogP contribution in [-0.4, -0.2) is 39.5 Å². The maximum absolute atomic E-state index is 14.7. The van der Waals surface area contributed by atoms with Gasteiger partial charge in [0.2, 0.25) is 0 Å². The summed E-state index contributed by atoms with van der Waals surface area (Å²) in [5.74, 6) is -2.33. The van der Waals surface area contributed by atoms with Crippen molar-refractivity contribution in [3.05, 3.63) is 146 Å². The zero-order chi connectivity index (χ0) is 28.5. The fourth-order valence-corrected chi connectivity index (χ4v) is 6.89. The summed E-state index contributed by atoms with van der Waals surface area (Å²) in [5.41, 5.74) is 0.567. The third kappa shape index (κ3) is 3.40. The molecule has 0 saturated carbocycles. The minimum absolute atomic E-state index is 0.209. The summed E-state index contributed by atoms with van der Waals surface area (Å²) in [6.45, 7) is 0. The van der Waals surface area contributed by atoms with E-state index in [1.807, 2.05) is 24.3 Å². The number of nitro groups is 1. The van der Waals surface area contributed by atoms with Crippen molar-refractivity contribution in [2.75, 3.05) is 0 Å². The van der Waals surface area contributed by atoms with Crippen molar-refractivity contribution in [2.24, 2.45) is 10.5 Å². The van der Waals surface area contributed by atoms with E-state index in [0.29, 0.717) is 21.7 Å². The minimum atomic E-state index is -1.81. The predicted molar refractivity (Wildman–Crippen MR) is 152 cm³/mol. The van der Waals surface area contributed by atoms with Crippen LogP contribution in [0.15, 0.2) is 102 Å². The van der Waals surface area contributed by atoms with E-state index in [0.717, 1.165) is 5.56 Å². The lowest BCUT2D eigenvalue weighted by Gasteiger charge is -2.36. The number of nitro benzene ring substituents is 1. The summed E-state index contributed by atoms with van der Waals surface area (Å²) in [6, 6.07) is 24.1. The van der Waals surface area contributed by atoms with E-state index in [1.165, 1.54) is 18.2 Å². The van der Waals surface area contributed by atoms with Crippen molar-refractivity contribution in [1.29, 1.82) is 0 Å². The van der Waals surface area contributed by atoms with Gasteiger partial charge in [-0.05, 0) is 41.0 Å². The SMILES string of the molecule is O=C(c1ccc(Cl)cc1)[C@H]1[C@H](c2cccc([N+](=O)[O-])c2)C2(C(=O)c3ccccc3C2=O)[C@@H]2c3ccccc3C=NN21. The van der Waals surface area contributed by atoms with Gasteiger partial charge >= 0.3 is 0 Å². The Morgan fingerprint density at radius 3 is 2.22 bits per heavy atom. The second-order valence-corrected chi connectivity index (χ2v) is 10.8. The number of halogens is 1. The number of carbonyl (C=O) groups excluding carboxylic acids is 3. The first-order valence-electron chi connectivity index (χ1n) is 13.0. The van der Waals surface area contributed by atoms with Crippen LogP contribution < -0.4 is 0 Å². The average molecular weight is 562 g/mol. The lowest BCUT2D eigenvalue weighted by molar-refractivity contribution is -0.384. The Bertz CT molecular complexity index is 1800. The summed E-state index contributed by atoms with van der Waals surface area (Å²) in [6.07, 6.45) is 1.62. The van der Waals surface area contributed by atoms with Crippen LogP contribution >= 0.6 is 11.6 Å². The van der Waals surface area contributed by atoms with Gasteiger partial charge in [-0.15, -0.1) is 0 Å². The molecule has 4 aromatic rings. The van der Waals surface area contributed by atoms with Crippen molar-refractivity contribution in [3.63, 3.8) is 0 Å². The third-order valence-electron chi connectivity index (χ3n) is 8.41. The Kier molecular flexibility index (Phi) is 5.52. The lowest BCUT2D eigenvalue weighted by atomic mass is 9.63. The van der Waals surface area contributed by atoms with Crippen molar-refractivity contribution in [2.45, 2.75) is 18.0 Å². The van der Waals surface area contributed by atoms with Gasteiger partial charge in [-0.3, -0.25) is 29.5 Å². The van der Waals surface area contributed by atoms with Crippen LogP contribution in [0.25, 0.3) is 0 Å². The molecule has 3 aliphatic rings. The highest BCUT2D eigenvalue weighted by Gasteiger charge is 2.72. The summed E-state index contributed by atoms with van der Waals surface area (Å²) in [5, 5.41) is 18.5. The quantitative estimate of drug-likeness (QED) is 0.130. The van der Waals surface area contributed by atoms with Crippen molar-refractivity contribution >= 4 is 40.9 Å². The molecule has 1 fully saturated rings. The summed E-state index contributed by atoms with van der Waals surface area (Å²) >= 11 is 6.10. The molecule has 0 unspecified atom stereocenters. The molecule has 8 nitrogen and oxygen atoms in total. The highest BCUT2D eigenvalue weighted by Crippen LogP contribution is 2.64. The van der Waals surface area contributed by atoms with Crippen LogP contribution in [-0.2, 0) is 0 Å². The van der Waals surface area contributed by atoms with E-state index in [9.17, 15) is 24.5 Å². The summed E-state index contributed by atoms with van der Waals surface area (Å²) in [4.78, 5) is 55.1. The summed E-state index contributed by atoms with van der Waals surface area (Å²) in [7, 11) is 0. The van der Waals surface area contributed by atoms with Crippen LogP contribution in [0.5, 0.6) is 0 Å². The first-order chi connectivity index (χ1) is 19.8. The Hall–Kier alpha value is -4.95. The van der Waals surface area contributed by atoms with E-state index >= 15 is 0 Å². The number of Topliss-reactive ketones (excluding diaryl/α,β-unsaturated/α-hetero) is 3. The highest BCUT2D eigenvalue weighted by atomic mass is 35.5. The molecule has 3 atom stereocenters. The third-order valence-corrected chi connectivity index (χ3v) is 8.67. The molecule has 2 heterocycles.